The molecule has 1 N–H and O–H groups in total. The zero-order chi connectivity index (χ0) is 17.2. The molecule has 0 aliphatic carbocycles. The molecule has 1 aliphatic rings. The summed E-state index contributed by atoms with van der Waals surface area (Å²) in [6.07, 6.45) is -0.254. The second-order valence-corrected chi connectivity index (χ2v) is 7.51. The third-order valence-electron chi connectivity index (χ3n) is 4.15. The van der Waals surface area contributed by atoms with Gasteiger partial charge in [-0.25, -0.2) is 0 Å². The highest BCUT2D eigenvalue weighted by Crippen LogP contribution is 2.23. The lowest BCUT2D eigenvalue weighted by atomic mass is 10.1. The van der Waals surface area contributed by atoms with Gasteiger partial charge in [0.2, 0.25) is 0 Å². The third kappa shape index (κ3) is 3.67. The van der Waals surface area contributed by atoms with E-state index in [-0.39, 0.29) is 12.6 Å². The van der Waals surface area contributed by atoms with E-state index in [2.05, 4.69) is 9.88 Å². The second kappa shape index (κ2) is 7.02. The molecule has 1 saturated heterocycles. The van der Waals surface area contributed by atoms with Crippen LogP contribution >= 0.6 is 0 Å². The van der Waals surface area contributed by atoms with Crippen LogP contribution in [-0.2, 0) is 21.5 Å². The number of nitrogens with one attached hydrogen (secondary N) is 1. The molecule has 7 nitrogen and oxygen atoms in total. The van der Waals surface area contributed by atoms with Gasteiger partial charge in [-0.1, -0.05) is 35.5 Å². The molecule has 2 aromatic rings. The molecule has 8 heteroatoms. The summed E-state index contributed by atoms with van der Waals surface area (Å²) in [6.45, 7) is 4.72. The van der Waals surface area contributed by atoms with E-state index < -0.39 is 10.2 Å². The van der Waals surface area contributed by atoms with Crippen LogP contribution in [0.2, 0.25) is 0 Å². The number of aryl methyl sites for hydroxylation is 2. The van der Waals surface area contributed by atoms with Crippen molar-refractivity contribution < 1.29 is 17.7 Å². The smallest absolute Gasteiger partial charge is 0.279 e. The fourth-order valence-corrected chi connectivity index (χ4v) is 3.88. The van der Waals surface area contributed by atoms with E-state index in [1.165, 1.54) is 4.31 Å². The Hall–Kier alpha value is -1.74. The van der Waals surface area contributed by atoms with Crippen LogP contribution in [0.5, 0.6) is 0 Å². The van der Waals surface area contributed by atoms with Crippen molar-refractivity contribution in [2.75, 3.05) is 19.7 Å². The Morgan fingerprint density at radius 2 is 2.04 bits per heavy atom. The van der Waals surface area contributed by atoms with Crippen LogP contribution < -0.4 is 4.72 Å². The number of nitrogens with zero attached hydrogens (tertiary/aromatic N) is 2. The molecule has 1 fully saturated rings. The number of ether oxygens (including phenoxy) is 1. The lowest BCUT2D eigenvalue weighted by Gasteiger charge is -2.32. The Labute approximate surface area is 141 Å². The topological polar surface area (TPSA) is 84.7 Å². The molecule has 0 spiro atoms. The summed E-state index contributed by atoms with van der Waals surface area (Å²) >= 11 is 0. The number of benzene rings is 1. The van der Waals surface area contributed by atoms with Gasteiger partial charge in [-0.15, -0.1) is 0 Å². The van der Waals surface area contributed by atoms with Gasteiger partial charge in [0.15, 0.2) is 0 Å². The molecule has 0 radical (unpaired) electrons. The molecule has 3 rings (SSSR count). The fraction of sp³-hybridized carbons (Fsp3) is 0.438. The third-order valence-corrected chi connectivity index (χ3v) is 5.67. The summed E-state index contributed by atoms with van der Waals surface area (Å²) in [7, 11) is -3.60. The van der Waals surface area contributed by atoms with E-state index in [0.717, 1.165) is 11.1 Å². The van der Waals surface area contributed by atoms with E-state index in [1.807, 2.05) is 30.3 Å². The molecule has 1 aromatic heterocycles. The quantitative estimate of drug-likeness (QED) is 0.886. The predicted octanol–water partition coefficient (Wildman–Crippen LogP) is 1.70. The highest BCUT2D eigenvalue weighted by molar-refractivity contribution is 7.87. The van der Waals surface area contributed by atoms with Crippen molar-refractivity contribution in [2.45, 2.75) is 26.5 Å². The van der Waals surface area contributed by atoms with Crippen LogP contribution in [0.25, 0.3) is 0 Å². The first kappa shape index (κ1) is 17.1. The van der Waals surface area contributed by atoms with Gasteiger partial charge in [0.05, 0.1) is 18.4 Å². The summed E-state index contributed by atoms with van der Waals surface area (Å²) in [6, 6.07) is 9.64. The van der Waals surface area contributed by atoms with Crippen molar-refractivity contribution >= 4 is 10.2 Å². The molecule has 1 aromatic carbocycles. The molecule has 0 amide bonds. The first-order chi connectivity index (χ1) is 11.5. The SMILES string of the molecule is Cc1noc(C)c1CNS(=O)(=O)N1CCO[C@@H](c2ccccc2)C1. The Balaban J connectivity index is 1.68. The minimum absolute atomic E-state index is 0.164. The average molecular weight is 351 g/mol. The van der Waals surface area contributed by atoms with Crippen molar-refractivity contribution in [3.8, 4) is 0 Å². The molecule has 24 heavy (non-hydrogen) atoms. The standard InChI is InChI=1S/C16H21N3O4S/c1-12-15(13(2)23-18-12)10-17-24(20,21)19-8-9-22-16(11-19)14-6-4-3-5-7-14/h3-7,16-17H,8-11H2,1-2H3/t16-/m1/s1. The number of hydrogen-bond acceptors (Lipinski definition) is 5. The van der Waals surface area contributed by atoms with E-state index in [4.69, 9.17) is 9.26 Å². The summed E-state index contributed by atoms with van der Waals surface area (Å²) in [5.74, 6) is 0.624. The van der Waals surface area contributed by atoms with Crippen molar-refractivity contribution in [2.24, 2.45) is 0 Å². The zero-order valence-corrected chi connectivity index (χ0v) is 14.5. The van der Waals surface area contributed by atoms with Crippen molar-refractivity contribution in [1.29, 1.82) is 0 Å². The van der Waals surface area contributed by atoms with E-state index in [0.29, 0.717) is 31.2 Å². The van der Waals surface area contributed by atoms with Gasteiger partial charge in [-0.2, -0.15) is 17.4 Å². The van der Waals surface area contributed by atoms with Gasteiger partial charge < -0.3 is 9.26 Å². The summed E-state index contributed by atoms with van der Waals surface area (Å²) in [4.78, 5) is 0. The molecule has 1 atom stereocenters. The molecule has 2 heterocycles. The van der Waals surface area contributed by atoms with E-state index in [9.17, 15) is 8.42 Å². The van der Waals surface area contributed by atoms with Crippen LogP contribution in [0, 0.1) is 13.8 Å². The highest BCUT2D eigenvalue weighted by Gasteiger charge is 2.30. The number of morpholine rings is 1. The molecule has 0 saturated carbocycles. The van der Waals surface area contributed by atoms with E-state index >= 15 is 0 Å². The Kier molecular flexibility index (Phi) is 5.00. The largest absolute Gasteiger partial charge is 0.371 e. The Morgan fingerprint density at radius 1 is 1.29 bits per heavy atom. The van der Waals surface area contributed by atoms with Gasteiger partial charge in [-0.05, 0) is 19.4 Å². The Bertz CT molecular complexity index is 769. The number of aromatic nitrogens is 1. The maximum Gasteiger partial charge on any atom is 0.279 e. The normalized spacial score (nSPS) is 19.5. The van der Waals surface area contributed by atoms with Crippen LogP contribution in [0.15, 0.2) is 34.9 Å². The molecule has 130 valence electrons. The summed E-state index contributed by atoms with van der Waals surface area (Å²) in [5.41, 5.74) is 2.44. The van der Waals surface area contributed by atoms with Gasteiger partial charge in [0, 0.05) is 25.2 Å². The van der Waals surface area contributed by atoms with Gasteiger partial charge >= 0.3 is 0 Å². The fourth-order valence-electron chi connectivity index (χ4n) is 2.72. The average Bonchev–Trinajstić information content (AvgIpc) is 2.92. The zero-order valence-electron chi connectivity index (χ0n) is 13.7. The van der Waals surface area contributed by atoms with Gasteiger partial charge in [0.25, 0.3) is 10.2 Å². The molecular formula is C16H21N3O4S. The second-order valence-electron chi connectivity index (χ2n) is 5.76. The number of rotatable bonds is 5. The first-order valence-corrected chi connectivity index (χ1v) is 9.24. The predicted molar refractivity (Wildman–Crippen MR) is 88.4 cm³/mol. The van der Waals surface area contributed by atoms with Crippen molar-refractivity contribution in [3.63, 3.8) is 0 Å². The van der Waals surface area contributed by atoms with Gasteiger partial charge in [-0.3, -0.25) is 0 Å². The lowest BCUT2D eigenvalue weighted by Crippen LogP contribution is -2.47. The first-order valence-electron chi connectivity index (χ1n) is 7.80. The van der Waals surface area contributed by atoms with Crippen LogP contribution in [0.4, 0.5) is 0 Å². The minimum Gasteiger partial charge on any atom is -0.371 e. The monoisotopic (exact) mass is 351 g/mol. The minimum atomic E-state index is -3.60. The number of hydrogen-bond donors (Lipinski definition) is 1. The van der Waals surface area contributed by atoms with E-state index in [1.54, 1.807) is 13.8 Å². The maximum absolute atomic E-state index is 12.6. The molecule has 0 bridgehead atoms. The maximum atomic E-state index is 12.6. The molecule has 0 unspecified atom stereocenters. The summed E-state index contributed by atoms with van der Waals surface area (Å²) in [5, 5.41) is 3.84. The Morgan fingerprint density at radius 3 is 2.71 bits per heavy atom. The molecule has 1 aliphatic heterocycles. The van der Waals surface area contributed by atoms with Crippen molar-refractivity contribution in [1.82, 2.24) is 14.2 Å². The van der Waals surface area contributed by atoms with Crippen LogP contribution in [0.3, 0.4) is 0 Å². The van der Waals surface area contributed by atoms with Crippen molar-refractivity contribution in [3.05, 3.63) is 52.9 Å². The van der Waals surface area contributed by atoms with Crippen LogP contribution in [0.1, 0.15) is 28.7 Å². The molecular weight excluding hydrogens is 330 g/mol. The highest BCUT2D eigenvalue weighted by atomic mass is 32.2. The van der Waals surface area contributed by atoms with Gasteiger partial charge in [0.1, 0.15) is 5.76 Å². The lowest BCUT2D eigenvalue weighted by molar-refractivity contribution is -0.00293. The van der Waals surface area contributed by atoms with Crippen LogP contribution in [-0.4, -0.2) is 37.6 Å². The summed E-state index contributed by atoms with van der Waals surface area (Å²) < 4.78 is 40.0.